The van der Waals surface area contributed by atoms with Gasteiger partial charge in [0, 0.05) is 16.9 Å². The van der Waals surface area contributed by atoms with Crippen LogP contribution in [0.4, 0.5) is 4.39 Å². The topological polar surface area (TPSA) is 62.8 Å². The number of halogens is 1. The van der Waals surface area contributed by atoms with Gasteiger partial charge in [-0.15, -0.1) is 0 Å². The average Bonchev–Trinajstić information content (AvgIpc) is 2.52. The molecule has 0 aliphatic carbocycles. The van der Waals surface area contributed by atoms with Gasteiger partial charge in [-0.3, -0.25) is 9.59 Å². The molecule has 2 aromatic rings. The van der Waals surface area contributed by atoms with Gasteiger partial charge >= 0.3 is 0 Å². The molecule has 0 unspecified atom stereocenters. The van der Waals surface area contributed by atoms with Gasteiger partial charge in [0.1, 0.15) is 5.82 Å². The largest absolute Gasteiger partial charge is 0.298 e. The van der Waals surface area contributed by atoms with Gasteiger partial charge in [-0.2, -0.15) is 5.10 Å². The summed E-state index contributed by atoms with van der Waals surface area (Å²) in [5.74, 6) is -0.561. The Kier molecular flexibility index (Phi) is 4.78. The van der Waals surface area contributed by atoms with Crippen molar-refractivity contribution in [2.45, 2.75) is 13.3 Å². The minimum Gasteiger partial charge on any atom is -0.298 e. The first-order valence-electron chi connectivity index (χ1n) is 6.71. The summed E-state index contributed by atoms with van der Waals surface area (Å²) in [6.07, 6.45) is 5.81. The van der Waals surface area contributed by atoms with Crippen LogP contribution >= 0.6 is 0 Å². The smallest absolute Gasteiger partial charge is 0.271 e. The van der Waals surface area contributed by atoms with E-state index in [4.69, 9.17) is 0 Å². The quantitative estimate of drug-likeness (QED) is 0.859. The van der Waals surface area contributed by atoms with E-state index in [0.29, 0.717) is 28.8 Å². The Morgan fingerprint density at radius 3 is 2.77 bits per heavy atom. The van der Waals surface area contributed by atoms with Crippen LogP contribution in [0.2, 0.25) is 0 Å². The van der Waals surface area contributed by atoms with Crippen molar-refractivity contribution in [2.75, 3.05) is 0 Å². The summed E-state index contributed by atoms with van der Waals surface area (Å²) in [4.78, 5) is 22.6. The third kappa shape index (κ3) is 3.09. The number of carbonyl (C=O) groups excluding carboxylic acids is 1. The van der Waals surface area contributed by atoms with Crippen molar-refractivity contribution in [2.24, 2.45) is 0 Å². The number of benzene rings is 1. The van der Waals surface area contributed by atoms with Gasteiger partial charge in [0.15, 0.2) is 6.29 Å². The van der Waals surface area contributed by atoms with Crippen LogP contribution < -0.4 is 16.0 Å². The van der Waals surface area contributed by atoms with Crippen LogP contribution in [0.15, 0.2) is 35.6 Å². The summed E-state index contributed by atoms with van der Waals surface area (Å²) < 4.78 is 13.4. The molecule has 0 aliphatic rings. The standard InChI is InChI=1S/C17H15FN2O2/c1-3-5-14-13(4-2)17(22)20-19-16(14)9-11-6-7-15(18)12(8-11)10-21/h3-8,10H,1,9H2,2H3,(H,20,22)/b13-4+,14-5+. The van der Waals surface area contributed by atoms with E-state index in [2.05, 4.69) is 16.8 Å². The van der Waals surface area contributed by atoms with Gasteiger partial charge in [0.05, 0.1) is 11.3 Å². The lowest BCUT2D eigenvalue weighted by Crippen LogP contribution is -2.44. The summed E-state index contributed by atoms with van der Waals surface area (Å²) in [6.45, 7) is 5.40. The molecule has 22 heavy (non-hydrogen) atoms. The van der Waals surface area contributed by atoms with E-state index in [9.17, 15) is 14.0 Å². The number of aromatic amines is 1. The van der Waals surface area contributed by atoms with Gasteiger partial charge in [-0.1, -0.05) is 30.9 Å². The summed E-state index contributed by atoms with van der Waals surface area (Å²) in [5.41, 5.74) is 1.06. The molecule has 0 radical (unpaired) electrons. The van der Waals surface area contributed by atoms with Gasteiger partial charge in [0.25, 0.3) is 5.56 Å². The molecule has 1 heterocycles. The Balaban J connectivity index is 2.60. The number of nitrogens with one attached hydrogen (secondary N) is 1. The van der Waals surface area contributed by atoms with Crippen LogP contribution in [0.3, 0.4) is 0 Å². The van der Waals surface area contributed by atoms with Gasteiger partial charge in [0.2, 0.25) is 0 Å². The molecule has 5 heteroatoms. The van der Waals surface area contributed by atoms with Crippen molar-refractivity contribution < 1.29 is 9.18 Å². The summed E-state index contributed by atoms with van der Waals surface area (Å²) >= 11 is 0. The number of aromatic nitrogens is 2. The number of nitrogens with zero attached hydrogens (tertiary/aromatic N) is 1. The maximum Gasteiger partial charge on any atom is 0.271 e. The number of aldehydes is 1. The molecule has 0 bridgehead atoms. The minimum absolute atomic E-state index is 0.00143. The Bertz CT molecular complexity index is 898. The first-order valence-corrected chi connectivity index (χ1v) is 6.71. The lowest BCUT2D eigenvalue weighted by Gasteiger charge is -2.04. The molecular weight excluding hydrogens is 283 g/mol. The van der Waals surface area contributed by atoms with Crippen LogP contribution in [0.1, 0.15) is 28.5 Å². The fourth-order valence-corrected chi connectivity index (χ4v) is 2.23. The normalized spacial score (nSPS) is 12.5. The van der Waals surface area contributed by atoms with Crippen molar-refractivity contribution in [1.29, 1.82) is 0 Å². The maximum atomic E-state index is 13.4. The van der Waals surface area contributed by atoms with E-state index < -0.39 is 5.82 Å². The lowest BCUT2D eigenvalue weighted by molar-refractivity contribution is 0.111. The summed E-state index contributed by atoms with van der Waals surface area (Å²) in [5, 5.41) is 7.67. The molecule has 4 nitrogen and oxygen atoms in total. The molecular formula is C17H15FN2O2. The Hall–Kier alpha value is -2.82. The SMILES string of the molecule is C=C/C=c1/c(Cc2ccc(F)c(C=O)c2)n[nH]c(=O)/c1=C/C. The zero-order chi connectivity index (χ0) is 16.1. The predicted molar refractivity (Wildman–Crippen MR) is 83.5 cm³/mol. The monoisotopic (exact) mass is 298 g/mol. The summed E-state index contributed by atoms with van der Waals surface area (Å²) in [7, 11) is 0. The van der Waals surface area contributed by atoms with Crippen molar-refractivity contribution in [1.82, 2.24) is 10.2 Å². The molecule has 0 amide bonds. The minimum atomic E-state index is -0.561. The van der Waals surface area contributed by atoms with Crippen LogP contribution in [0.25, 0.3) is 12.2 Å². The molecule has 2 rings (SSSR count). The third-order valence-corrected chi connectivity index (χ3v) is 3.27. The van der Waals surface area contributed by atoms with Gasteiger partial charge < -0.3 is 0 Å². The van der Waals surface area contributed by atoms with E-state index >= 15 is 0 Å². The number of H-pyrrole nitrogens is 1. The van der Waals surface area contributed by atoms with Gasteiger partial charge in [-0.05, 0) is 24.6 Å². The van der Waals surface area contributed by atoms with Crippen molar-refractivity contribution in [3.8, 4) is 0 Å². The van der Waals surface area contributed by atoms with E-state index in [1.54, 1.807) is 31.2 Å². The number of hydrogen-bond donors (Lipinski definition) is 1. The molecule has 0 saturated carbocycles. The highest BCUT2D eigenvalue weighted by Crippen LogP contribution is 2.10. The second kappa shape index (κ2) is 6.76. The van der Waals surface area contributed by atoms with Crippen molar-refractivity contribution in [3.63, 3.8) is 0 Å². The lowest BCUT2D eigenvalue weighted by atomic mass is 10.0. The molecule has 1 aromatic carbocycles. The summed E-state index contributed by atoms with van der Waals surface area (Å²) in [6, 6.07) is 4.30. The van der Waals surface area contributed by atoms with Crippen molar-refractivity contribution >= 4 is 18.4 Å². The maximum absolute atomic E-state index is 13.4. The molecule has 0 atom stereocenters. The molecule has 1 N–H and O–H groups in total. The van der Waals surface area contributed by atoms with Gasteiger partial charge in [-0.25, -0.2) is 9.49 Å². The molecule has 0 fully saturated rings. The van der Waals surface area contributed by atoms with Crippen LogP contribution in [-0.4, -0.2) is 16.5 Å². The molecule has 1 aromatic heterocycles. The van der Waals surface area contributed by atoms with E-state index in [1.807, 2.05) is 0 Å². The Labute approximate surface area is 126 Å². The van der Waals surface area contributed by atoms with Crippen molar-refractivity contribution in [3.05, 3.63) is 74.3 Å². The number of allylic oxidation sites excluding steroid dienone is 1. The van der Waals surface area contributed by atoms with E-state index in [-0.39, 0.29) is 11.1 Å². The zero-order valence-corrected chi connectivity index (χ0v) is 12.1. The highest BCUT2D eigenvalue weighted by Gasteiger charge is 2.07. The highest BCUT2D eigenvalue weighted by molar-refractivity contribution is 5.75. The third-order valence-electron chi connectivity index (χ3n) is 3.27. The Morgan fingerprint density at radius 2 is 2.14 bits per heavy atom. The molecule has 0 spiro atoms. The zero-order valence-electron chi connectivity index (χ0n) is 12.1. The number of rotatable bonds is 4. The van der Waals surface area contributed by atoms with Crippen LogP contribution in [-0.2, 0) is 6.42 Å². The molecule has 0 aliphatic heterocycles. The predicted octanol–water partition coefficient (Wildman–Crippen LogP) is 1.08. The second-order valence-electron chi connectivity index (χ2n) is 4.67. The molecule has 0 saturated heterocycles. The number of carbonyl (C=O) groups is 1. The Morgan fingerprint density at radius 1 is 1.36 bits per heavy atom. The molecule has 112 valence electrons. The fraction of sp³-hybridized carbons (Fsp3) is 0.118. The first kappa shape index (κ1) is 15.6. The second-order valence-corrected chi connectivity index (χ2v) is 4.67. The average molecular weight is 298 g/mol. The number of hydrogen-bond acceptors (Lipinski definition) is 3. The highest BCUT2D eigenvalue weighted by atomic mass is 19.1. The van der Waals surface area contributed by atoms with E-state index in [0.717, 1.165) is 5.56 Å². The van der Waals surface area contributed by atoms with E-state index in [1.165, 1.54) is 12.1 Å². The fourth-order valence-electron chi connectivity index (χ4n) is 2.23. The van der Waals surface area contributed by atoms with Crippen LogP contribution in [0, 0.1) is 5.82 Å². The first-order chi connectivity index (χ1) is 10.6. The van der Waals surface area contributed by atoms with Crippen LogP contribution in [0.5, 0.6) is 0 Å².